The van der Waals surface area contributed by atoms with Crippen molar-refractivity contribution < 1.29 is 9.50 Å². The first kappa shape index (κ1) is 11.3. The zero-order valence-corrected chi connectivity index (χ0v) is 8.52. The van der Waals surface area contributed by atoms with Crippen molar-refractivity contribution in [1.29, 1.82) is 0 Å². The maximum absolute atomic E-state index is 12.8. The van der Waals surface area contributed by atoms with Crippen molar-refractivity contribution in [3.8, 4) is 0 Å². The van der Waals surface area contributed by atoms with E-state index < -0.39 is 0 Å². The summed E-state index contributed by atoms with van der Waals surface area (Å²) in [7, 11) is 0. The van der Waals surface area contributed by atoms with E-state index in [1.807, 2.05) is 0 Å². The van der Waals surface area contributed by atoms with Crippen molar-refractivity contribution in [2.45, 2.75) is 12.8 Å². The quantitative estimate of drug-likeness (QED) is 0.744. The number of hydrogen-bond donors (Lipinski definition) is 2. The number of halogens is 2. The van der Waals surface area contributed by atoms with Crippen LogP contribution in [-0.4, -0.2) is 18.3 Å². The number of nitrogens with one attached hydrogen (secondary N) is 1. The van der Waals surface area contributed by atoms with Gasteiger partial charge in [0.15, 0.2) is 0 Å². The van der Waals surface area contributed by atoms with E-state index in [9.17, 15) is 4.39 Å². The maximum atomic E-state index is 12.8. The molecule has 0 bridgehead atoms. The van der Waals surface area contributed by atoms with Crippen LogP contribution < -0.4 is 5.32 Å². The van der Waals surface area contributed by atoms with Crippen molar-refractivity contribution in [2.24, 2.45) is 0 Å². The molecule has 14 heavy (non-hydrogen) atoms. The van der Waals surface area contributed by atoms with Crippen LogP contribution in [0.25, 0.3) is 0 Å². The molecule has 0 atom stereocenters. The summed E-state index contributed by atoms with van der Waals surface area (Å²) in [5.74, 6) is -0.345. The summed E-state index contributed by atoms with van der Waals surface area (Å²) in [6.07, 6.45) is 1.60. The van der Waals surface area contributed by atoms with Crippen molar-refractivity contribution in [2.75, 3.05) is 18.5 Å². The first-order valence-electron chi connectivity index (χ1n) is 4.53. The van der Waals surface area contributed by atoms with Gasteiger partial charge in [-0.15, -0.1) is 0 Å². The zero-order chi connectivity index (χ0) is 10.4. The molecule has 0 saturated carbocycles. The van der Waals surface area contributed by atoms with E-state index in [0.29, 0.717) is 17.3 Å². The molecule has 0 aliphatic rings. The molecule has 4 heteroatoms. The van der Waals surface area contributed by atoms with Gasteiger partial charge in [0.05, 0.1) is 0 Å². The molecule has 0 saturated heterocycles. The highest BCUT2D eigenvalue weighted by Gasteiger charge is 1.97. The standard InChI is InChI=1S/C10H13ClFNO/c11-8-5-9(12)7-10(6-8)13-3-1-2-4-14/h5-7,13-14H,1-4H2. The van der Waals surface area contributed by atoms with Gasteiger partial charge in [-0.3, -0.25) is 0 Å². The molecule has 0 aliphatic carbocycles. The number of unbranched alkanes of at least 4 members (excludes halogenated alkanes) is 1. The van der Waals surface area contributed by atoms with Gasteiger partial charge >= 0.3 is 0 Å². The predicted octanol–water partition coefficient (Wildman–Crippen LogP) is 2.66. The fraction of sp³-hybridized carbons (Fsp3) is 0.400. The highest BCUT2D eigenvalue weighted by atomic mass is 35.5. The molecule has 0 amide bonds. The Morgan fingerprint density at radius 2 is 2.07 bits per heavy atom. The third-order valence-corrected chi connectivity index (χ3v) is 1.99. The first-order chi connectivity index (χ1) is 6.72. The van der Waals surface area contributed by atoms with Crippen molar-refractivity contribution in [3.63, 3.8) is 0 Å². The summed E-state index contributed by atoms with van der Waals surface area (Å²) in [5, 5.41) is 12.0. The van der Waals surface area contributed by atoms with Gasteiger partial charge in [-0.2, -0.15) is 0 Å². The van der Waals surface area contributed by atoms with Crippen LogP contribution in [0.15, 0.2) is 18.2 Å². The minimum absolute atomic E-state index is 0.186. The van der Waals surface area contributed by atoms with Gasteiger partial charge in [-0.1, -0.05) is 11.6 Å². The van der Waals surface area contributed by atoms with Crippen LogP contribution in [0.1, 0.15) is 12.8 Å². The summed E-state index contributed by atoms with van der Waals surface area (Å²) in [5.41, 5.74) is 0.674. The summed E-state index contributed by atoms with van der Waals surface area (Å²) < 4.78 is 12.8. The molecular formula is C10H13ClFNO. The summed E-state index contributed by atoms with van der Waals surface area (Å²) in [6, 6.07) is 4.33. The molecule has 0 aliphatic heterocycles. The molecule has 0 fully saturated rings. The molecular weight excluding hydrogens is 205 g/mol. The highest BCUT2D eigenvalue weighted by molar-refractivity contribution is 6.30. The minimum atomic E-state index is -0.345. The topological polar surface area (TPSA) is 32.3 Å². The number of anilines is 1. The van der Waals surface area contributed by atoms with Gasteiger partial charge in [0, 0.05) is 23.9 Å². The Balaban J connectivity index is 2.42. The second-order valence-electron chi connectivity index (χ2n) is 3.02. The third kappa shape index (κ3) is 3.94. The molecule has 0 radical (unpaired) electrons. The number of benzene rings is 1. The van der Waals surface area contributed by atoms with E-state index in [-0.39, 0.29) is 12.4 Å². The van der Waals surface area contributed by atoms with E-state index >= 15 is 0 Å². The average Bonchev–Trinajstić information content (AvgIpc) is 2.11. The van der Waals surface area contributed by atoms with Gasteiger partial charge in [-0.25, -0.2) is 4.39 Å². The first-order valence-corrected chi connectivity index (χ1v) is 4.91. The minimum Gasteiger partial charge on any atom is -0.396 e. The number of aliphatic hydroxyl groups is 1. The Hall–Kier alpha value is -0.800. The molecule has 0 spiro atoms. The van der Waals surface area contributed by atoms with Gasteiger partial charge < -0.3 is 10.4 Å². The van der Waals surface area contributed by atoms with Crippen molar-refractivity contribution in [3.05, 3.63) is 29.0 Å². The molecule has 0 aromatic heterocycles. The lowest BCUT2D eigenvalue weighted by Crippen LogP contribution is -2.02. The Morgan fingerprint density at radius 1 is 1.29 bits per heavy atom. The molecule has 2 N–H and O–H groups in total. The fourth-order valence-corrected chi connectivity index (χ4v) is 1.35. The molecule has 0 unspecified atom stereocenters. The largest absolute Gasteiger partial charge is 0.396 e. The van der Waals surface area contributed by atoms with Crippen molar-refractivity contribution >= 4 is 17.3 Å². The van der Waals surface area contributed by atoms with Gasteiger partial charge in [0.1, 0.15) is 5.82 Å². The lowest BCUT2D eigenvalue weighted by atomic mass is 10.3. The second-order valence-corrected chi connectivity index (χ2v) is 3.45. The van der Waals surface area contributed by atoms with Crippen LogP contribution in [0.5, 0.6) is 0 Å². The van der Waals surface area contributed by atoms with Crippen LogP contribution in [-0.2, 0) is 0 Å². The maximum Gasteiger partial charge on any atom is 0.126 e. The Kier molecular flexibility index (Phi) is 4.70. The second kappa shape index (κ2) is 5.83. The molecule has 1 aromatic rings. The highest BCUT2D eigenvalue weighted by Crippen LogP contribution is 2.17. The van der Waals surface area contributed by atoms with Gasteiger partial charge in [0.2, 0.25) is 0 Å². The molecule has 0 heterocycles. The molecule has 78 valence electrons. The Morgan fingerprint density at radius 3 is 2.71 bits per heavy atom. The fourth-order valence-electron chi connectivity index (χ4n) is 1.13. The Labute approximate surface area is 87.7 Å². The van der Waals surface area contributed by atoms with Crippen LogP contribution in [0, 0.1) is 5.82 Å². The van der Waals surface area contributed by atoms with Crippen molar-refractivity contribution in [1.82, 2.24) is 0 Å². The smallest absolute Gasteiger partial charge is 0.126 e. The summed E-state index contributed by atoms with van der Waals surface area (Å²) in [6.45, 7) is 0.895. The van der Waals surface area contributed by atoms with E-state index in [1.54, 1.807) is 6.07 Å². The van der Waals surface area contributed by atoms with Gasteiger partial charge in [0.25, 0.3) is 0 Å². The summed E-state index contributed by atoms with van der Waals surface area (Å²) in [4.78, 5) is 0. The normalized spacial score (nSPS) is 10.2. The number of aliphatic hydroxyl groups excluding tert-OH is 1. The predicted molar refractivity (Wildman–Crippen MR) is 56.2 cm³/mol. The van der Waals surface area contributed by atoms with Crippen LogP contribution in [0.2, 0.25) is 5.02 Å². The lowest BCUT2D eigenvalue weighted by Gasteiger charge is -2.06. The SMILES string of the molecule is OCCCCNc1cc(F)cc(Cl)c1. The van der Waals surface area contributed by atoms with E-state index in [1.165, 1.54) is 12.1 Å². The van der Waals surface area contributed by atoms with Crippen LogP contribution in [0.4, 0.5) is 10.1 Å². The number of rotatable bonds is 5. The number of hydrogen-bond acceptors (Lipinski definition) is 2. The van der Waals surface area contributed by atoms with E-state index in [4.69, 9.17) is 16.7 Å². The Bertz CT molecular complexity index is 273. The summed E-state index contributed by atoms with van der Waals surface area (Å²) >= 11 is 5.67. The monoisotopic (exact) mass is 217 g/mol. The van der Waals surface area contributed by atoms with E-state index in [2.05, 4.69) is 5.32 Å². The zero-order valence-electron chi connectivity index (χ0n) is 7.76. The van der Waals surface area contributed by atoms with Gasteiger partial charge in [-0.05, 0) is 31.0 Å². The van der Waals surface area contributed by atoms with Crippen LogP contribution >= 0.6 is 11.6 Å². The molecule has 1 aromatic carbocycles. The van der Waals surface area contributed by atoms with Crippen LogP contribution in [0.3, 0.4) is 0 Å². The molecule has 2 nitrogen and oxygen atoms in total. The molecule has 1 rings (SSSR count). The lowest BCUT2D eigenvalue weighted by molar-refractivity contribution is 0.286. The third-order valence-electron chi connectivity index (χ3n) is 1.78. The average molecular weight is 218 g/mol. The van der Waals surface area contributed by atoms with E-state index in [0.717, 1.165) is 12.8 Å².